The molecule has 1 aromatic carbocycles. The average Bonchev–Trinajstić information content (AvgIpc) is 2.40. The number of rotatable bonds is 9. The Morgan fingerprint density at radius 2 is 2.05 bits per heavy atom. The topological polar surface area (TPSA) is 64.4 Å². The van der Waals surface area contributed by atoms with Crippen molar-refractivity contribution in [2.24, 2.45) is 5.92 Å². The van der Waals surface area contributed by atoms with E-state index in [1.54, 1.807) is 12.1 Å². The molecule has 118 valence electrons. The number of non-ortho nitro benzene ring substituents is 1. The minimum atomic E-state index is -0.370. The molecule has 1 rings (SSSR count). The summed E-state index contributed by atoms with van der Waals surface area (Å²) in [6, 6.07) is 4.80. The van der Waals surface area contributed by atoms with Crippen LogP contribution in [0.4, 0.5) is 5.69 Å². The number of nitro groups is 1. The van der Waals surface area contributed by atoms with Crippen molar-refractivity contribution in [3.05, 3.63) is 33.9 Å². The predicted octanol–water partition coefficient (Wildman–Crippen LogP) is 3.91. The Kier molecular flexibility index (Phi) is 7.15. The van der Waals surface area contributed by atoms with Crippen LogP contribution in [0.15, 0.2) is 18.2 Å². The molecule has 0 heterocycles. The van der Waals surface area contributed by atoms with Gasteiger partial charge in [0.05, 0.1) is 11.0 Å². The first-order valence-corrected chi connectivity index (χ1v) is 7.58. The Hall–Kier alpha value is -1.62. The van der Waals surface area contributed by atoms with E-state index in [1.807, 2.05) is 6.92 Å². The maximum Gasteiger partial charge on any atom is 0.270 e. The molecule has 21 heavy (non-hydrogen) atoms. The van der Waals surface area contributed by atoms with Crippen LogP contribution >= 0.6 is 0 Å². The summed E-state index contributed by atoms with van der Waals surface area (Å²) < 4.78 is 5.92. The number of nitro benzene ring substituents is 1. The van der Waals surface area contributed by atoms with Gasteiger partial charge in [0.15, 0.2) is 0 Å². The molecule has 0 saturated carbocycles. The summed E-state index contributed by atoms with van der Waals surface area (Å²) in [6.45, 7) is 9.83. The van der Waals surface area contributed by atoms with Crippen molar-refractivity contribution in [2.45, 2.75) is 53.2 Å². The third kappa shape index (κ3) is 6.12. The Labute approximate surface area is 126 Å². The highest BCUT2D eigenvalue weighted by molar-refractivity contribution is 5.43. The van der Waals surface area contributed by atoms with Crippen molar-refractivity contribution >= 4 is 5.69 Å². The smallest absolute Gasteiger partial charge is 0.270 e. The van der Waals surface area contributed by atoms with Gasteiger partial charge in [-0.3, -0.25) is 10.1 Å². The molecule has 1 unspecified atom stereocenters. The lowest BCUT2D eigenvalue weighted by molar-refractivity contribution is -0.384. The van der Waals surface area contributed by atoms with Crippen molar-refractivity contribution in [2.75, 3.05) is 6.54 Å². The molecule has 0 aromatic heterocycles. The molecule has 0 radical (unpaired) electrons. The largest absolute Gasteiger partial charge is 0.490 e. The van der Waals surface area contributed by atoms with Gasteiger partial charge in [0.25, 0.3) is 5.69 Å². The van der Waals surface area contributed by atoms with Crippen molar-refractivity contribution < 1.29 is 9.66 Å². The van der Waals surface area contributed by atoms with Crippen molar-refractivity contribution in [3.63, 3.8) is 0 Å². The highest BCUT2D eigenvalue weighted by atomic mass is 16.6. The van der Waals surface area contributed by atoms with E-state index >= 15 is 0 Å². The summed E-state index contributed by atoms with van der Waals surface area (Å²) in [4.78, 5) is 10.5. The van der Waals surface area contributed by atoms with E-state index in [2.05, 4.69) is 26.1 Å². The van der Waals surface area contributed by atoms with Crippen LogP contribution in [0.3, 0.4) is 0 Å². The SMILES string of the molecule is CCCC(C)Oc1ccc([N+](=O)[O-])cc1CNCC(C)C. The van der Waals surface area contributed by atoms with E-state index in [1.165, 1.54) is 6.07 Å². The van der Waals surface area contributed by atoms with Crippen molar-refractivity contribution in [1.29, 1.82) is 0 Å². The molecule has 0 amide bonds. The Morgan fingerprint density at radius 1 is 1.33 bits per heavy atom. The summed E-state index contributed by atoms with van der Waals surface area (Å²) in [7, 11) is 0. The maximum atomic E-state index is 10.9. The van der Waals surface area contributed by atoms with Gasteiger partial charge in [0, 0.05) is 24.2 Å². The van der Waals surface area contributed by atoms with Gasteiger partial charge in [-0.15, -0.1) is 0 Å². The van der Waals surface area contributed by atoms with Crippen LogP contribution in [0.25, 0.3) is 0 Å². The van der Waals surface area contributed by atoms with Crippen molar-refractivity contribution in [1.82, 2.24) is 5.32 Å². The highest BCUT2D eigenvalue weighted by Gasteiger charge is 2.13. The lowest BCUT2D eigenvalue weighted by Crippen LogP contribution is -2.20. The van der Waals surface area contributed by atoms with Crippen LogP contribution in [0.2, 0.25) is 0 Å². The van der Waals surface area contributed by atoms with Crippen LogP contribution in [-0.4, -0.2) is 17.6 Å². The van der Waals surface area contributed by atoms with E-state index in [0.29, 0.717) is 12.5 Å². The van der Waals surface area contributed by atoms with Gasteiger partial charge >= 0.3 is 0 Å². The zero-order valence-corrected chi connectivity index (χ0v) is 13.4. The molecule has 1 N–H and O–H groups in total. The Morgan fingerprint density at radius 3 is 2.62 bits per heavy atom. The molecule has 0 aliphatic rings. The molecule has 5 heteroatoms. The van der Waals surface area contributed by atoms with Gasteiger partial charge in [-0.25, -0.2) is 0 Å². The molecular weight excluding hydrogens is 268 g/mol. The molecule has 0 aliphatic heterocycles. The monoisotopic (exact) mass is 294 g/mol. The third-order valence-corrected chi connectivity index (χ3v) is 3.15. The summed E-state index contributed by atoms with van der Waals surface area (Å²) in [5, 5.41) is 14.2. The first kappa shape index (κ1) is 17.4. The highest BCUT2D eigenvalue weighted by Crippen LogP contribution is 2.25. The lowest BCUT2D eigenvalue weighted by atomic mass is 10.1. The van der Waals surface area contributed by atoms with Gasteiger partial charge < -0.3 is 10.1 Å². The molecule has 0 spiro atoms. The maximum absolute atomic E-state index is 10.9. The minimum Gasteiger partial charge on any atom is -0.490 e. The third-order valence-electron chi connectivity index (χ3n) is 3.15. The standard InChI is InChI=1S/C16H26N2O3/c1-5-6-13(4)21-16-8-7-15(18(19)20)9-14(16)11-17-10-12(2)3/h7-9,12-13,17H,5-6,10-11H2,1-4H3. The van der Waals surface area contributed by atoms with E-state index in [4.69, 9.17) is 4.74 Å². The van der Waals surface area contributed by atoms with Gasteiger partial charge in [0.2, 0.25) is 0 Å². The summed E-state index contributed by atoms with van der Waals surface area (Å²) in [5.74, 6) is 1.27. The molecule has 0 saturated heterocycles. The first-order valence-electron chi connectivity index (χ1n) is 7.58. The van der Waals surface area contributed by atoms with Gasteiger partial charge in [0.1, 0.15) is 5.75 Å². The van der Waals surface area contributed by atoms with E-state index < -0.39 is 0 Å². The van der Waals surface area contributed by atoms with Crippen LogP contribution in [0, 0.1) is 16.0 Å². The normalized spacial score (nSPS) is 12.4. The number of hydrogen-bond acceptors (Lipinski definition) is 4. The van der Waals surface area contributed by atoms with Crippen LogP contribution in [0.1, 0.15) is 46.1 Å². The molecule has 5 nitrogen and oxygen atoms in total. The summed E-state index contributed by atoms with van der Waals surface area (Å²) in [6.07, 6.45) is 2.13. The van der Waals surface area contributed by atoms with Crippen molar-refractivity contribution in [3.8, 4) is 5.75 Å². The summed E-state index contributed by atoms with van der Waals surface area (Å²) in [5.41, 5.74) is 0.944. The number of ether oxygens (including phenoxy) is 1. The minimum absolute atomic E-state index is 0.104. The van der Waals surface area contributed by atoms with E-state index in [-0.39, 0.29) is 16.7 Å². The summed E-state index contributed by atoms with van der Waals surface area (Å²) >= 11 is 0. The number of benzene rings is 1. The fraction of sp³-hybridized carbons (Fsp3) is 0.625. The molecule has 0 fully saturated rings. The first-order chi connectivity index (χ1) is 9.93. The average molecular weight is 294 g/mol. The zero-order chi connectivity index (χ0) is 15.8. The van der Waals surface area contributed by atoms with E-state index in [0.717, 1.165) is 30.7 Å². The fourth-order valence-electron chi connectivity index (χ4n) is 2.11. The second-order valence-corrected chi connectivity index (χ2v) is 5.79. The molecule has 0 aliphatic carbocycles. The Balaban J connectivity index is 2.86. The quantitative estimate of drug-likeness (QED) is 0.554. The fourth-order valence-corrected chi connectivity index (χ4v) is 2.11. The second-order valence-electron chi connectivity index (χ2n) is 5.79. The molecule has 1 aromatic rings. The molecule has 0 bridgehead atoms. The molecular formula is C16H26N2O3. The number of hydrogen-bond donors (Lipinski definition) is 1. The zero-order valence-electron chi connectivity index (χ0n) is 13.4. The van der Waals surface area contributed by atoms with Crippen LogP contribution < -0.4 is 10.1 Å². The van der Waals surface area contributed by atoms with E-state index in [9.17, 15) is 10.1 Å². The second kappa shape index (κ2) is 8.62. The predicted molar refractivity (Wildman–Crippen MR) is 84.6 cm³/mol. The van der Waals surface area contributed by atoms with Crippen LogP contribution in [-0.2, 0) is 6.54 Å². The van der Waals surface area contributed by atoms with Crippen LogP contribution in [0.5, 0.6) is 5.75 Å². The van der Waals surface area contributed by atoms with Gasteiger partial charge in [-0.2, -0.15) is 0 Å². The number of nitrogens with one attached hydrogen (secondary N) is 1. The van der Waals surface area contributed by atoms with Gasteiger partial charge in [-0.05, 0) is 31.9 Å². The number of nitrogens with zero attached hydrogens (tertiary/aromatic N) is 1. The van der Waals surface area contributed by atoms with Gasteiger partial charge in [-0.1, -0.05) is 27.2 Å². The Bertz CT molecular complexity index is 461. The lowest BCUT2D eigenvalue weighted by Gasteiger charge is -2.17. The molecule has 1 atom stereocenters.